The topological polar surface area (TPSA) is 43.4 Å². The minimum atomic E-state index is -7.41. The first-order valence-corrected chi connectivity index (χ1v) is 16.9. The van der Waals surface area contributed by atoms with Crippen LogP contribution < -0.4 is 4.18 Å². The van der Waals surface area contributed by atoms with Crippen LogP contribution in [0, 0.1) is 0 Å². The van der Waals surface area contributed by atoms with E-state index in [-0.39, 0.29) is 5.39 Å². The van der Waals surface area contributed by atoms with Crippen LogP contribution in [0.4, 0.5) is 39.5 Å². The number of hydrogen-bond acceptors (Lipinski definition) is 3. The third-order valence-corrected chi connectivity index (χ3v) is 10.5. The molecule has 3 nitrogen and oxygen atoms in total. The maximum atomic E-state index is 14.4. The highest BCUT2D eigenvalue weighted by atomic mass is 32.2. The van der Waals surface area contributed by atoms with Crippen LogP contribution in [0.5, 0.6) is 5.75 Å². The smallest absolute Gasteiger partial charge is 0.378 e. The largest absolute Gasteiger partial charge is 0.460 e. The Hall–Kier alpha value is -5.30. The molecule has 0 atom stereocenters. The number of fused-ring (bicyclic) bond motifs is 4. The van der Waals surface area contributed by atoms with E-state index in [1.807, 2.05) is 97.1 Å². The molecule has 0 N–H and O–H groups in total. The quantitative estimate of drug-likeness (QED) is 0.115. The molecular weight excluding hydrogens is 719 g/mol. The van der Waals surface area contributed by atoms with Crippen LogP contribution in [-0.4, -0.2) is 31.7 Å². The molecule has 0 bridgehead atoms. The lowest BCUT2D eigenvalue weighted by Gasteiger charge is -2.34. The molecule has 0 radical (unpaired) electrons. The van der Waals surface area contributed by atoms with E-state index >= 15 is 0 Å². The van der Waals surface area contributed by atoms with Gasteiger partial charge in [0.2, 0.25) is 0 Å². The SMILES string of the molecule is O=S(=O)(Oc1ccc2ccc(-c3ccc4c(c3)C(c3ccccc3)(c3ccccc3)c3ccccc3-4)cc2c1)C(F)(F)C(F)(F)C(F)(F)C(F)(F)F. The van der Waals surface area contributed by atoms with Gasteiger partial charge in [-0.15, -0.1) is 0 Å². The summed E-state index contributed by atoms with van der Waals surface area (Å²) >= 11 is 0. The summed E-state index contributed by atoms with van der Waals surface area (Å²) in [4.78, 5) is 0. The molecule has 6 aromatic rings. The molecule has 0 unspecified atom stereocenters. The van der Waals surface area contributed by atoms with Gasteiger partial charge in [0.05, 0.1) is 5.41 Å². The lowest BCUT2D eigenvalue weighted by Crippen LogP contribution is -2.63. The molecule has 0 saturated heterocycles. The zero-order valence-corrected chi connectivity index (χ0v) is 27.1. The molecule has 52 heavy (non-hydrogen) atoms. The van der Waals surface area contributed by atoms with Crippen LogP contribution in [0.2, 0.25) is 0 Å². The van der Waals surface area contributed by atoms with Crippen molar-refractivity contribution >= 4 is 20.9 Å². The molecule has 0 saturated carbocycles. The van der Waals surface area contributed by atoms with Gasteiger partial charge in [0.15, 0.2) is 0 Å². The second kappa shape index (κ2) is 11.9. The molecule has 0 heterocycles. The molecule has 0 amide bonds. The summed E-state index contributed by atoms with van der Waals surface area (Å²) in [5.41, 5.74) is 6.50. The van der Waals surface area contributed by atoms with E-state index in [9.17, 15) is 47.9 Å². The summed E-state index contributed by atoms with van der Waals surface area (Å²) in [5.74, 6) is -15.8. The molecule has 0 aromatic heterocycles. The van der Waals surface area contributed by atoms with Gasteiger partial charge in [0, 0.05) is 0 Å². The van der Waals surface area contributed by atoms with E-state index in [0.29, 0.717) is 16.5 Å². The Balaban J connectivity index is 1.32. The van der Waals surface area contributed by atoms with Gasteiger partial charge in [-0.1, -0.05) is 115 Å². The van der Waals surface area contributed by atoms with Crippen LogP contribution in [0.15, 0.2) is 140 Å². The summed E-state index contributed by atoms with van der Waals surface area (Å²) in [6.45, 7) is 0. The average molecular weight is 743 g/mol. The predicted molar refractivity (Wildman–Crippen MR) is 177 cm³/mol. The van der Waals surface area contributed by atoms with Crippen LogP contribution >= 0.6 is 0 Å². The molecule has 0 spiro atoms. The molecule has 7 rings (SSSR count). The zero-order valence-electron chi connectivity index (χ0n) is 26.3. The monoisotopic (exact) mass is 742 g/mol. The Bertz CT molecular complexity index is 2390. The van der Waals surface area contributed by atoms with Crippen molar-refractivity contribution in [3.63, 3.8) is 0 Å². The van der Waals surface area contributed by atoms with Crippen molar-refractivity contribution in [2.45, 2.75) is 28.7 Å². The highest BCUT2D eigenvalue weighted by Gasteiger charge is 2.86. The van der Waals surface area contributed by atoms with Crippen LogP contribution in [-0.2, 0) is 15.5 Å². The van der Waals surface area contributed by atoms with Crippen molar-refractivity contribution in [1.29, 1.82) is 0 Å². The van der Waals surface area contributed by atoms with E-state index in [1.165, 1.54) is 12.1 Å². The normalized spacial score (nSPS) is 14.6. The Morgan fingerprint density at radius 1 is 0.481 bits per heavy atom. The number of hydrogen-bond donors (Lipinski definition) is 0. The fourth-order valence-electron chi connectivity index (χ4n) is 6.78. The van der Waals surface area contributed by atoms with E-state index in [4.69, 9.17) is 0 Å². The predicted octanol–water partition coefficient (Wildman–Crippen LogP) is 11.0. The average Bonchev–Trinajstić information content (AvgIpc) is 3.41. The maximum absolute atomic E-state index is 14.4. The number of alkyl halides is 9. The lowest BCUT2D eigenvalue weighted by molar-refractivity contribution is -0.382. The summed E-state index contributed by atoms with van der Waals surface area (Å²) in [6.07, 6.45) is -7.20. The number of halogens is 9. The minimum absolute atomic E-state index is 0.155. The first-order chi connectivity index (χ1) is 24.4. The van der Waals surface area contributed by atoms with Gasteiger partial charge in [-0.05, 0) is 79.5 Å². The molecular formula is C39H23F9O3S. The zero-order chi connectivity index (χ0) is 37.3. The Kier molecular flexibility index (Phi) is 8.02. The highest BCUT2D eigenvalue weighted by molar-refractivity contribution is 7.88. The molecule has 1 aliphatic rings. The molecule has 13 heteroatoms. The Labute approximate surface area is 291 Å². The van der Waals surface area contributed by atoms with Crippen molar-refractivity contribution < 1.29 is 52.1 Å². The van der Waals surface area contributed by atoms with Crippen LogP contribution in [0.3, 0.4) is 0 Å². The van der Waals surface area contributed by atoms with Crippen LogP contribution in [0.1, 0.15) is 22.3 Å². The van der Waals surface area contributed by atoms with Gasteiger partial charge >= 0.3 is 33.4 Å². The van der Waals surface area contributed by atoms with Crippen molar-refractivity contribution in [3.05, 3.63) is 162 Å². The van der Waals surface area contributed by atoms with Gasteiger partial charge in [-0.2, -0.15) is 47.9 Å². The molecule has 1 aliphatic carbocycles. The maximum Gasteiger partial charge on any atom is 0.460 e. The third-order valence-electron chi connectivity index (χ3n) is 9.24. The second-order valence-electron chi connectivity index (χ2n) is 12.2. The van der Waals surface area contributed by atoms with Gasteiger partial charge in [0.1, 0.15) is 5.75 Å². The summed E-state index contributed by atoms with van der Waals surface area (Å²) in [7, 11) is -7.11. The molecule has 0 aliphatic heterocycles. The fraction of sp³-hybridized carbons (Fsp3) is 0.128. The number of rotatable bonds is 8. The summed E-state index contributed by atoms with van der Waals surface area (Å²) < 4.78 is 150. The second-order valence-corrected chi connectivity index (χ2v) is 13.8. The summed E-state index contributed by atoms with van der Waals surface area (Å²) in [6, 6.07) is 41.4. The van der Waals surface area contributed by atoms with Gasteiger partial charge in [-0.3, -0.25) is 0 Å². The summed E-state index contributed by atoms with van der Waals surface area (Å²) in [5, 5.41) is -6.42. The minimum Gasteiger partial charge on any atom is -0.378 e. The molecule has 266 valence electrons. The van der Waals surface area contributed by atoms with Gasteiger partial charge in [-0.25, -0.2) is 0 Å². The number of benzene rings is 6. The van der Waals surface area contributed by atoms with Gasteiger partial charge in [0.25, 0.3) is 0 Å². The van der Waals surface area contributed by atoms with E-state index in [0.717, 1.165) is 45.5 Å². The lowest BCUT2D eigenvalue weighted by atomic mass is 9.67. The Morgan fingerprint density at radius 2 is 1.00 bits per heavy atom. The molecule has 0 fully saturated rings. The van der Waals surface area contributed by atoms with E-state index in [1.54, 1.807) is 12.1 Å². The van der Waals surface area contributed by atoms with Crippen molar-refractivity contribution in [2.24, 2.45) is 0 Å². The van der Waals surface area contributed by atoms with Gasteiger partial charge < -0.3 is 4.18 Å². The van der Waals surface area contributed by atoms with Crippen LogP contribution in [0.25, 0.3) is 33.0 Å². The first kappa shape index (κ1) is 35.1. The van der Waals surface area contributed by atoms with E-state index in [2.05, 4.69) is 10.2 Å². The third kappa shape index (κ3) is 5.07. The van der Waals surface area contributed by atoms with Crippen molar-refractivity contribution in [1.82, 2.24) is 0 Å². The molecule has 6 aromatic carbocycles. The Morgan fingerprint density at radius 3 is 1.62 bits per heavy atom. The van der Waals surface area contributed by atoms with E-state index < -0.39 is 44.6 Å². The highest BCUT2D eigenvalue weighted by Crippen LogP contribution is 2.57. The standard InChI is InChI=1S/C39H23F9O3S/c40-36(41,38(44,45)46)37(42,43)39(47,48)52(49,50)51-30-19-17-24-15-16-25(21-27(24)22-30)26-18-20-32-31-13-7-8-14-33(31)35(34(32)23-26,28-9-3-1-4-10-28)29-11-5-2-6-12-29/h1-23H. The first-order valence-electron chi connectivity index (χ1n) is 15.5. The van der Waals surface area contributed by atoms with Crippen molar-refractivity contribution in [2.75, 3.05) is 0 Å². The fourth-order valence-corrected chi connectivity index (χ4v) is 7.68. The van der Waals surface area contributed by atoms with Crippen molar-refractivity contribution in [3.8, 4) is 28.0 Å².